The fourth-order valence-electron chi connectivity index (χ4n) is 0.960. The molecule has 0 saturated carbocycles. The summed E-state index contributed by atoms with van der Waals surface area (Å²) in [6.45, 7) is 9.95. The Kier molecular flexibility index (Phi) is 7.78. The fraction of sp³-hybridized carbons (Fsp3) is 0.667. The minimum absolute atomic E-state index is 0.101. The van der Waals surface area contributed by atoms with Gasteiger partial charge in [-0.05, 0) is 20.8 Å². The third-order valence-electron chi connectivity index (χ3n) is 1.60. The van der Waals surface area contributed by atoms with Gasteiger partial charge < -0.3 is 20.1 Å². The molecule has 6 heteroatoms. The van der Waals surface area contributed by atoms with Crippen LogP contribution < -0.4 is 10.6 Å². The van der Waals surface area contributed by atoms with E-state index in [0.29, 0.717) is 13.1 Å². The van der Waals surface area contributed by atoms with Crippen molar-refractivity contribution in [3.63, 3.8) is 0 Å². The molecular formula is C12H22N2O4. The fourth-order valence-corrected chi connectivity index (χ4v) is 0.960. The molecule has 18 heavy (non-hydrogen) atoms. The van der Waals surface area contributed by atoms with Crippen molar-refractivity contribution < 1.29 is 19.1 Å². The van der Waals surface area contributed by atoms with Crippen LogP contribution in [0.2, 0.25) is 0 Å². The summed E-state index contributed by atoms with van der Waals surface area (Å²) in [6.07, 6.45) is 1.03. The van der Waals surface area contributed by atoms with E-state index in [1.807, 2.05) is 0 Å². The van der Waals surface area contributed by atoms with E-state index in [1.54, 1.807) is 20.8 Å². The summed E-state index contributed by atoms with van der Waals surface area (Å²) < 4.78 is 9.79. The molecule has 0 aliphatic rings. The molecule has 104 valence electrons. The highest BCUT2D eigenvalue weighted by molar-refractivity contribution is 5.71. The molecule has 0 spiro atoms. The number of nitrogens with one attached hydrogen (secondary N) is 2. The second-order valence-corrected chi connectivity index (χ2v) is 4.58. The lowest BCUT2D eigenvalue weighted by molar-refractivity contribution is -0.141. The number of hydrogen-bond acceptors (Lipinski definition) is 5. The highest BCUT2D eigenvalue weighted by atomic mass is 16.6. The monoisotopic (exact) mass is 258 g/mol. The average molecular weight is 258 g/mol. The molecule has 6 nitrogen and oxygen atoms in total. The van der Waals surface area contributed by atoms with Gasteiger partial charge in [-0.1, -0.05) is 12.7 Å². The van der Waals surface area contributed by atoms with Crippen molar-refractivity contribution in [2.24, 2.45) is 0 Å². The van der Waals surface area contributed by atoms with Crippen LogP contribution in [-0.2, 0) is 14.3 Å². The zero-order valence-corrected chi connectivity index (χ0v) is 11.2. The van der Waals surface area contributed by atoms with Gasteiger partial charge in [0.2, 0.25) is 0 Å². The number of rotatable bonds is 7. The lowest BCUT2D eigenvalue weighted by Gasteiger charge is -2.19. The zero-order valence-electron chi connectivity index (χ0n) is 11.2. The molecule has 0 aromatic heterocycles. The van der Waals surface area contributed by atoms with Crippen LogP contribution in [0.25, 0.3) is 0 Å². The summed E-state index contributed by atoms with van der Waals surface area (Å²) in [5, 5.41) is 5.40. The first kappa shape index (κ1) is 16.4. The van der Waals surface area contributed by atoms with Crippen molar-refractivity contribution in [1.29, 1.82) is 0 Å². The SMILES string of the molecule is C=CCOC(=O)CNCCNC(=O)OC(C)(C)C. The largest absolute Gasteiger partial charge is 0.461 e. The van der Waals surface area contributed by atoms with Crippen LogP contribution in [-0.4, -0.2) is 43.9 Å². The Bertz CT molecular complexity index is 284. The predicted molar refractivity (Wildman–Crippen MR) is 68.3 cm³/mol. The van der Waals surface area contributed by atoms with Crippen LogP contribution in [0.15, 0.2) is 12.7 Å². The molecule has 0 atom stereocenters. The highest BCUT2D eigenvalue weighted by Crippen LogP contribution is 2.05. The molecule has 0 bridgehead atoms. The third-order valence-corrected chi connectivity index (χ3v) is 1.60. The lowest BCUT2D eigenvalue weighted by Crippen LogP contribution is -2.37. The molecule has 2 N–H and O–H groups in total. The van der Waals surface area contributed by atoms with Crippen LogP contribution >= 0.6 is 0 Å². The van der Waals surface area contributed by atoms with Gasteiger partial charge in [0.15, 0.2) is 0 Å². The number of ether oxygens (including phenoxy) is 2. The number of carbonyl (C=O) groups excluding carboxylic acids is 2. The van der Waals surface area contributed by atoms with Gasteiger partial charge in [-0.3, -0.25) is 4.79 Å². The molecule has 1 amide bonds. The number of amides is 1. The van der Waals surface area contributed by atoms with E-state index in [2.05, 4.69) is 17.2 Å². The quantitative estimate of drug-likeness (QED) is 0.402. The third kappa shape index (κ3) is 10.9. The first-order valence-electron chi connectivity index (χ1n) is 5.79. The second-order valence-electron chi connectivity index (χ2n) is 4.58. The van der Waals surface area contributed by atoms with E-state index in [9.17, 15) is 9.59 Å². The lowest BCUT2D eigenvalue weighted by atomic mass is 10.2. The number of alkyl carbamates (subject to hydrolysis) is 1. The van der Waals surface area contributed by atoms with Gasteiger partial charge in [-0.2, -0.15) is 0 Å². The first-order valence-corrected chi connectivity index (χ1v) is 5.79. The maximum Gasteiger partial charge on any atom is 0.407 e. The Morgan fingerprint density at radius 3 is 2.50 bits per heavy atom. The first-order chi connectivity index (χ1) is 8.35. The molecule has 0 unspecified atom stereocenters. The Morgan fingerprint density at radius 1 is 1.28 bits per heavy atom. The van der Waals surface area contributed by atoms with Gasteiger partial charge in [0.05, 0.1) is 6.54 Å². The van der Waals surface area contributed by atoms with Gasteiger partial charge in [-0.25, -0.2) is 4.79 Å². The summed E-state index contributed by atoms with van der Waals surface area (Å²) >= 11 is 0. The van der Waals surface area contributed by atoms with E-state index in [-0.39, 0.29) is 19.1 Å². The second kappa shape index (κ2) is 8.52. The van der Waals surface area contributed by atoms with Gasteiger partial charge in [0.25, 0.3) is 0 Å². The smallest absolute Gasteiger partial charge is 0.407 e. The number of esters is 1. The van der Waals surface area contributed by atoms with E-state index in [0.717, 1.165) is 0 Å². The molecule has 0 aliphatic carbocycles. The Morgan fingerprint density at radius 2 is 1.94 bits per heavy atom. The Labute approximate surface area is 108 Å². The minimum atomic E-state index is -0.508. The average Bonchev–Trinajstić information content (AvgIpc) is 2.23. The predicted octanol–water partition coefficient (Wildman–Crippen LogP) is 0.830. The summed E-state index contributed by atoms with van der Waals surface area (Å²) in [7, 11) is 0. The molecule has 0 aromatic rings. The van der Waals surface area contributed by atoms with Crippen LogP contribution in [0.4, 0.5) is 4.79 Å². The van der Waals surface area contributed by atoms with Crippen LogP contribution in [0, 0.1) is 0 Å². The molecule has 0 rings (SSSR count). The molecule has 0 radical (unpaired) electrons. The van der Waals surface area contributed by atoms with Gasteiger partial charge in [0.1, 0.15) is 12.2 Å². The van der Waals surface area contributed by atoms with Crippen molar-refractivity contribution in [2.75, 3.05) is 26.2 Å². The van der Waals surface area contributed by atoms with E-state index < -0.39 is 11.7 Å². The maximum atomic E-state index is 11.2. The van der Waals surface area contributed by atoms with Crippen molar-refractivity contribution >= 4 is 12.1 Å². The van der Waals surface area contributed by atoms with Gasteiger partial charge >= 0.3 is 12.1 Å². The van der Waals surface area contributed by atoms with Crippen molar-refractivity contribution in [2.45, 2.75) is 26.4 Å². The van der Waals surface area contributed by atoms with Gasteiger partial charge in [0, 0.05) is 13.1 Å². The van der Waals surface area contributed by atoms with Gasteiger partial charge in [-0.15, -0.1) is 0 Å². The molecule has 0 fully saturated rings. The molecule has 0 heterocycles. The normalized spacial score (nSPS) is 10.6. The summed E-state index contributed by atoms with van der Waals surface area (Å²) in [4.78, 5) is 22.3. The van der Waals surface area contributed by atoms with Crippen molar-refractivity contribution in [3.05, 3.63) is 12.7 Å². The van der Waals surface area contributed by atoms with E-state index in [4.69, 9.17) is 9.47 Å². The topological polar surface area (TPSA) is 76.7 Å². The summed E-state index contributed by atoms with van der Waals surface area (Å²) in [5.74, 6) is -0.354. The number of hydrogen-bond donors (Lipinski definition) is 2. The molecular weight excluding hydrogens is 236 g/mol. The zero-order chi connectivity index (χ0) is 14.0. The molecule has 0 aromatic carbocycles. The summed E-state index contributed by atoms with van der Waals surface area (Å²) in [5.41, 5.74) is -0.508. The molecule has 0 aliphatic heterocycles. The minimum Gasteiger partial charge on any atom is -0.461 e. The Balaban J connectivity index is 3.48. The van der Waals surface area contributed by atoms with E-state index in [1.165, 1.54) is 6.08 Å². The highest BCUT2D eigenvalue weighted by Gasteiger charge is 2.15. The van der Waals surface area contributed by atoms with Crippen LogP contribution in [0.3, 0.4) is 0 Å². The van der Waals surface area contributed by atoms with Crippen LogP contribution in [0.1, 0.15) is 20.8 Å². The van der Waals surface area contributed by atoms with Crippen molar-refractivity contribution in [3.8, 4) is 0 Å². The van der Waals surface area contributed by atoms with Crippen LogP contribution in [0.5, 0.6) is 0 Å². The Hall–Kier alpha value is -1.56. The molecule has 0 saturated heterocycles. The standard InChI is InChI=1S/C12H22N2O4/c1-5-8-17-10(15)9-13-6-7-14-11(16)18-12(2,3)4/h5,13H,1,6-9H2,2-4H3,(H,14,16). The maximum absolute atomic E-state index is 11.2. The number of carbonyl (C=O) groups is 2. The van der Waals surface area contributed by atoms with Crippen molar-refractivity contribution in [1.82, 2.24) is 10.6 Å². The summed E-state index contributed by atoms with van der Waals surface area (Å²) in [6, 6.07) is 0. The van der Waals surface area contributed by atoms with E-state index >= 15 is 0 Å².